The normalized spacial score (nSPS) is 14.7. The Hall–Kier alpha value is -2.69. The predicted octanol–water partition coefficient (Wildman–Crippen LogP) is 2.67. The minimum Gasteiger partial charge on any atom is -0.484 e. The molecule has 0 aromatic heterocycles. The molecule has 0 fully saturated rings. The number of halogens is 1. The second kappa shape index (κ2) is 6.39. The Labute approximate surface area is 127 Å². The quantitative estimate of drug-likeness (QED) is 0.882. The van der Waals surface area contributed by atoms with Gasteiger partial charge in [0.2, 0.25) is 0 Å². The van der Waals surface area contributed by atoms with E-state index in [2.05, 4.69) is 16.6 Å². The summed E-state index contributed by atoms with van der Waals surface area (Å²) in [5, 5.41) is 4.17. The van der Waals surface area contributed by atoms with Crippen LogP contribution in [-0.2, 0) is 11.2 Å². The zero-order chi connectivity index (χ0) is 15.4. The number of ether oxygens (including phenoxy) is 1. The minimum absolute atomic E-state index is 0.163. The van der Waals surface area contributed by atoms with Crippen molar-refractivity contribution in [2.45, 2.75) is 12.8 Å². The van der Waals surface area contributed by atoms with Gasteiger partial charge >= 0.3 is 0 Å². The van der Waals surface area contributed by atoms with Gasteiger partial charge in [0.25, 0.3) is 5.91 Å². The van der Waals surface area contributed by atoms with Gasteiger partial charge in [-0.3, -0.25) is 4.79 Å². The number of carbonyl (C=O) groups is 1. The number of rotatable bonds is 4. The first-order chi connectivity index (χ1) is 10.7. The van der Waals surface area contributed by atoms with Crippen LogP contribution in [-0.4, -0.2) is 18.2 Å². The molecule has 4 nitrogen and oxygen atoms in total. The Balaban J connectivity index is 1.55. The Morgan fingerprint density at radius 1 is 1.14 bits per heavy atom. The van der Waals surface area contributed by atoms with E-state index in [0.717, 1.165) is 24.1 Å². The molecule has 2 aromatic carbocycles. The van der Waals surface area contributed by atoms with E-state index < -0.39 is 0 Å². The predicted molar refractivity (Wildman–Crippen MR) is 81.3 cm³/mol. The molecule has 1 aliphatic carbocycles. The van der Waals surface area contributed by atoms with Crippen molar-refractivity contribution >= 4 is 11.6 Å². The Kier molecular flexibility index (Phi) is 4.14. The lowest BCUT2D eigenvalue weighted by Crippen LogP contribution is -2.25. The fourth-order valence-electron chi connectivity index (χ4n) is 2.37. The van der Waals surface area contributed by atoms with E-state index in [1.807, 2.05) is 18.2 Å². The Morgan fingerprint density at radius 2 is 1.91 bits per heavy atom. The summed E-state index contributed by atoms with van der Waals surface area (Å²) in [5.41, 5.74) is 5.71. The lowest BCUT2D eigenvalue weighted by Gasteiger charge is -2.05. The maximum atomic E-state index is 12.7. The first-order valence-corrected chi connectivity index (χ1v) is 7.04. The molecule has 0 radical (unpaired) electrons. The third-order valence-corrected chi connectivity index (χ3v) is 3.46. The maximum Gasteiger partial charge on any atom is 0.277 e. The standard InChI is InChI=1S/C17H15FN2O2/c18-13-6-8-14(9-7-13)22-11-17(21)20-19-16-10-5-12-3-1-2-4-15(12)16/h1-4,6-9H,5,10-11H2,(H,20,21)/b19-16-. The molecule has 1 amide bonds. The minimum atomic E-state index is -0.346. The van der Waals surface area contributed by atoms with E-state index in [1.165, 1.54) is 29.8 Å². The number of fused-ring (bicyclic) bond motifs is 1. The lowest BCUT2D eigenvalue weighted by atomic mass is 10.1. The molecule has 0 saturated heterocycles. The molecule has 0 spiro atoms. The van der Waals surface area contributed by atoms with Crippen LogP contribution in [0.5, 0.6) is 5.75 Å². The molecule has 0 heterocycles. The molecular weight excluding hydrogens is 283 g/mol. The second-order valence-electron chi connectivity index (χ2n) is 4.99. The van der Waals surface area contributed by atoms with Crippen molar-refractivity contribution in [1.29, 1.82) is 0 Å². The van der Waals surface area contributed by atoms with E-state index in [9.17, 15) is 9.18 Å². The van der Waals surface area contributed by atoms with Crippen molar-refractivity contribution < 1.29 is 13.9 Å². The number of aryl methyl sites for hydroxylation is 1. The van der Waals surface area contributed by atoms with Crippen LogP contribution in [0, 0.1) is 5.82 Å². The average Bonchev–Trinajstić information content (AvgIpc) is 2.96. The zero-order valence-corrected chi connectivity index (χ0v) is 11.9. The van der Waals surface area contributed by atoms with Gasteiger partial charge in [-0.05, 0) is 42.7 Å². The van der Waals surface area contributed by atoms with E-state index in [0.29, 0.717) is 5.75 Å². The lowest BCUT2D eigenvalue weighted by molar-refractivity contribution is -0.123. The number of hydrazone groups is 1. The number of nitrogens with one attached hydrogen (secondary N) is 1. The van der Waals surface area contributed by atoms with E-state index in [4.69, 9.17) is 4.74 Å². The summed E-state index contributed by atoms with van der Waals surface area (Å²) in [6, 6.07) is 13.5. The average molecular weight is 298 g/mol. The maximum absolute atomic E-state index is 12.7. The van der Waals surface area contributed by atoms with Gasteiger partial charge in [-0.15, -0.1) is 0 Å². The molecule has 0 bridgehead atoms. The van der Waals surface area contributed by atoms with E-state index in [-0.39, 0.29) is 18.3 Å². The molecule has 0 unspecified atom stereocenters. The van der Waals surface area contributed by atoms with Gasteiger partial charge in [-0.25, -0.2) is 9.82 Å². The van der Waals surface area contributed by atoms with Gasteiger partial charge in [0.05, 0.1) is 5.71 Å². The van der Waals surface area contributed by atoms with Gasteiger partial charge in [0.15, 0.2) is 6.61 Å². The molecule has 0 saturated carbocycles. The smallest absolute Gasteiger partial charge is 0.277 e. The van der Waals surface area contributed by atoms with Crippen LogP contribution in [0.4, 0.5) is 4.39 Å². The van der Waals surface area contributed by atoms with E-state index in [1.54, 1.807) is 0 Å². The highest BCUT2D eigenvalue weighted by molar-refractivity contribution is 6.04. The number of hydrogen-bond acceptors (Lipinski definition) is 3. The summed E-state index contributed by atoms with van der Waals surface area (Å²) >= 11 is 0. The summed E-state index contributed by atoms with van der Waals surface area (Å²) in [6.45, 7) is -0.163. The summed E-state index contributed by atoms with van der Waals surface area (Å²) in [5.74, 6) is -0.250. The van der Waals surface area contributed by atoms with Gasteiger partial charge in [-0.1, -0.05) is 24.3 Å². The highest BCUT2D eigenvalue weighted by Crippen LogP contribution is 2.21. The van der Waals surface area contributed by atoms with Crippen molar-refractivity contribution in [3.05, 3.63) is 65.5 Å². The fraction of sp³-hybridized carbons (Fsp3) is 0.176. The van der Waals surface area contributed by atoms with Crippen LogP contribution >= 0.6 is 0 Å². The monoisotopic (exact) mass is 298 g/mol. The van der Waals surface area contributed by atoms with Gasteiger partial charge in [0, 0.05) is 5.56 Å². The van der Waals surface area contributed by atoms with Crippen molar-refractivity contribution in [3.63, 3.8) is 0 Å². The van der Waals surface area contributed by atoms with Crippen LogP contribution in [0.2, 0.25) is 0 Å². The number of carbonyl (C=O) groups excluding carboxylic acids is 1. The molecule has 0 aliphatic heterocycles. The topological polar surface area (TPSA) is 50.7 Å². The van der Waals surface area contributed by atoms with Crippen molar-refractivity contribution in [2.75, 3.05) is 6.61 Å². The molecule has 5 heteroatoms. The SMILES string of the molecule is O=C(COc1ccc(F)cc1)N/N=C1/CCc2ccccc21. The molecule has 1 N–H and O–H groups in total. The first kappa shape index (κ1) is 14.3. The molecule has 112 valence electrons. The second-order valence-corrected chi connectivity index (χ2v) is 4.99. The third kappa shape index (κ3) is 3.31. The number of nitrogens with zero attached hydrogens (tertiary/aromatic N) is 1. The number of benzene rings is 2. The van der Waals surface area contributed by atoms with Gasteiger partial charge < -0.3 is 4.74 Å². The number of amides is 1. The van der Waals surface area contributed by atoms with Gasteiger partial charge in [-0.2, -0.15) is 5.10 Å². The van der Waals surface area contributed by atoms with Crippen molar-refractivity contribution in [3.8, 4) is 5.75 Å². The first-order valence-electron chi connectivity index (χ1n) is 7.04. The van der Waals surface area contributed by atoms with Crippen molar-refractivity contribution in [2.24, 2.45) is 5.10 Å². The van der Waals surface area contributed by atoms with Crippen molar-refractivity contribution in [1.82, 2.24) is 5.43 Å². The van der Waals surface area contributed by atoms with Crippen LogP contribution < -0.4 is 10.2 Å². The fourth-order valence-corrected chi connectivity index (χ4v) is 2.37. The largest absolute Gasteiger partial charge is 0.484 e. The molecular formula is C17H15FN2O2. The highest BCUT2D eigenvalue weighted by Gasteiger charge is 2.17. The van der Waals surface area contributed by atoms with Crippen LogP contribution in [0.15, 0.2) is 53.6 Å². The summed E-state index contributed by atoms with van der Waals surface area (Å²) in [7, 11) is 0. The summed E-state index contributed by atoms with van der Waals surface area (Å²) in [4.78, 5) is 11.7. The third-order valence-electron chi connectivity index (χ3n) is 3.46. The molecule has 1 aliphatic rings. The van der Waals surface area contributed by atoms with Crippen LogP contribution in [0.1, 0.15) is 17.5 Å². The van der Waals surface area contributed by atoms with Crippen LogP contribution in [0.3, 0.4) is 0 Å². The van der Waals surface area contributed by atoms with Gasteiger partial charge in [0.1, 0.15) is 11.6 Å². The van der Waals surface area contributed by atoms with Crippen LogP contribution in [0.25, 0.3) is 0 Å². The molecule has 22 heavy (non-hydrogen) atoms. The van der Waals surface area contributed by atoms with E-state index >= 15 is 0 Å². The number of hydrogen-bond donors (Lipinski definition) is 1. The zero-order valence-electron chi connectivity index (χ0n) is 11.9. The summed E-state index contributed by atoms with van der Waals surface area (Å²) in [6.07, 6.45) is 1.76. The Morgan fingerprint density at radius 3 is 2.73 bits per heavy atom. The summed E-state index contributed by atoms with van der Waals surface area (Å²) < 4.78 is 18.0. The molecule has 3 rings (SSSR count). The highest BCUT2D eigenvalue weighted by atomic mass is 19.1. The molecule has 0 atom stereocenters. The molecule has 2 aromatic rings. The Bertz CT molecular complexity index is 711.